The maximum atomic E-state index is 12.0. The number of aliphatic hydroxyl groups excluding tert-OH is 1. The first-order chi connectivity index (χ1) is 10.2. The number of nitrogens with zero attached hydrogens (tertiary/aromatic N) is 1. The van der Waals surface area contributed by atoms with Crippen LogP contribution in [0, 0.1) is 0 Å². The molecule has 1 amide bonds. The third-order valence-corrected chi connectivity index (χ3v) is 3.59. The van der Waals surface area contributed by atoms with Gasteiger partial charge in [0.25, 0.3) is 0 Å². The molecule has 106 valence electrons. The molecule has 0 spiro atoms. The molecule has 0 aliphatic heterocycles. The number of pyridine rings is 1. The van der Waals surface area contributed by atoms with Gasteiger partial charge < -0.3 is 10.4 Å². The minimum Gasteiger partial charge on any atom is -0.390 e. The van der Waals surface area contributed by atoms with Gasteiger partial charge in [-0.05, 0) is 29.3 Å². The van der Waals surface area contributed by atoms with Gasteiger partial charge in [0.05, 0.1) is 17.8 Å². The van der Waals surface area contributed by atoms with Crippen LogP contribution in [0.4, 0.5) is 0 Å². The number of rotatable bonds is 3. The number of hydrogen-bond acceptors (Lipinski definition) is 3. The molecule has 4 nitrogen and oxygen atoms in total. The molecular weight excluding hydrogens is 264 g/mol. The Morgan fingerprint density at radius 2 is 2.05 bits per heavy atom. The summed E-state index contributed by atoms with van der Waals surface area (Å²) >= 11 is 0. The molecule has 2 N–H and O–H groups in total. The normalized spacial score (nSPS) is 20.4. The smallest absolute Gasteiger partial charge is 0.244 e. The summed E-state index contributed by atoms with van der Waals surface area (Å²) in [4.78, 5) is 16.1. The summed E-state index contributed by atoms with van der Waals surface area (Å²) in [5.41, 5.74) is 2.80. The van der Waals surface area contributed by atoms with Crippen molar-refractivity contribution < 1.29 is 9.90 Å². The van der Waals surface area contributed by atoms with E-state index in [4.69, 9.17) is 0 Å². The SMILES string of the molecule is O=C(/C=C/c1ccccn1)N[C@@H]1c2ccccc2C[C@@H]1O. The molecule has 0 saturated heterocycles. The Balaban J connectivity index is 1.69. The lowest BCUT2D eigenvalue weighted by Gasteiger charge is -2.16. The van der Waals surface area contributed by atoms with Crippen molar-refractivity contribution in [2.24, 2.45) is 0 Å². The second-order valence-electron chi connectivity index (χ2n) is 5.04. The molecule has 4 heteroatoms. The predicted molar refractivity (Wildman–Crippen MR) is 80.3 cm³/mol. The zero-order valence-electron chi connectivity index (χ0n) is 11.4. The van der Waals surface area contributed by atoms with Crippen molar-refractivity contribution in [2.75, 3.05) is 0 Å². The highest BCUT2D eigenvalue weighted by molar-refractivity contribution is 5.91. The Kier molecular flexibility index (Phi) is 3.79. The molecule has 21 heavy (non-hydrogen) atoms. The molecule has 0 radical (unpaired) electrons. The van der Waals surface area contributed by atoms with Gasteiger partial charge in [-0.2, -0.15) is 0 Å². The molecular formula is C17H16N2O2. The van der Waals surface area contributed by atoms with Gasteiger partial charge in [0, 0.05) is 18.7 Å². The van der Waals surface area contributed by atoms with Gasteiger partial charge in [0.15, 0.2) is 0 Å². The highest BCUT2D eigenvalue weighted by atomic mass is 16.3. The van der Waals surface area contributed by atoms with Crippen LogP contribution in [0.2, 0.25) is 0 Å². The van der Waals surface area contributed by atoms with Crippen molar-refractivity contribution in [3.8, 4) is 0 Å². The molecule has 1 aliphatic carbocycles. The average Bonchev–Trinajstić information content (AvgIpc) is 2.82. The Morgan fingerprint density at radius 1 is 1.24 bits per heavy atom. The first-order valence-corrected chi connectivity index (χ1v) is 6.89. The standard InChI is InChI=1S/C17H16N2O2/c20-15-11-12-5-1-2-7-14(12)17(15)19-16(21)9-8-13-6-3-4-10-18-13/h1-10,15,17,20H,11H2,(H,19,21)/b9-8+/t15-,17+/m0/s1. The lowest BCUT2D eigenvalue weighted by molar-refractivity contribution is -0.117. The summed E-state index contributed by atoms with van der Waals surface area (Å²) in [7, 11) is 0. The molecule has 0 bridgehead atoms. The number of fused-ring (bicyclic) bond motifs is 1. The van der Waals surface area contributed by atoms with E-state index in [-0.39, 0.29) is 11.9 Å². The van der Waals surface area contributed by atoms with Crippen molar-refractivity contribution in [3.05, 3.63) is 71.6 Å². The summed E-state index contributed by atoms with van der Waals surface area (Å²) in [5, 5.41) is 12.9. The fourth-order valence-electron chi connectivity index (χ4n) is 2.58. The molecule has 1 aromatic carbocycles. The van der Waals surface area contributed by atoms with E-state index in [9.17, 15) is 9.90 Å². The number of aliphatic hydroxyl groups is 1. The quantitative estimate of drug-likeness (QED) is 0.844. The number of benzene rings is 1. The Labute approximate surface area is 123 Å². The Bertz CT molecular complexity index is 668. The van der Waals surface area contributed by atoms with Crippen LogP contribution in [0.25, 0.3) is 6.08 Å². The fraction of sp³-hybridized carbons (Fsp3) is 0.176. The number of hydrogen-bond donors (Lipinski definition) is 2. The number of carbonyl (C=O) groups excluding carboxylic acids is 1. The summed E-state index contributed by atoms with van der Waals surface area (Å²) in [5.74, 6) is -0.235. The number of aromatic nitrogens is 1. The highest BCUT2D eigenvalue weighted by Gasteiger charge is 2.31. The van der Waals surface area contributed by atoms with Gasteiger partial charge in [0.2, 0.25) is 5.91 Å². The van der Waals surface area contributed by atoms with E-state index in [0.29, 0.717) is 6.42 Å². The summed E-state index contributed by atoms with van der Waals surface area (Å²) < 4.78 is 0. The third kappa shape index (κ3) is 3.01. The fourth-order valence-corrected chi connectivity index (χ4v) is 2.58. The van der Waals surface area contributed by atoms with Crippen LogP contribution in [0.1, 0.15) is 22.9 Å². The van der Waals surface area contributed by atoms with Crippen molar-refractivity contribution in [1.29, 1.82) is 0 Å². The topological polar surface area (TPSA) is 62.2 Å². The number of amides is 1. The second-order valence-corrected chi connectivity index (χ2v) is 5.04. The molecule has 2 aromatic rings. The van der Waals surface area contributed by atoms with E-state index in [1.54, 1.807) is 12.3 Å². The van der Waals surface area contributed by atoms with Crippen molar-refractivity contribution in [1.82, 2.24) is 10.3 Å². The lowest BCUT2D eigenvalue weighted by atomic mass is 10.1. The van der Waals surface area contributed by atoms with Gasteiger partial charge in [-0.3, -0.25) is 9.78 Å². The minimum atomic E-state index is -0.574. The van der Waals surface area contributed by atoms with E-state index in [1.165, 1.54) is 6.08 Å². The van der Waals surface area contributed by atoms with Crippen LogP contribution >= 0.6 is 0 Å². The average molecular weight is 280 g/mol. The molecule has 3 rings (SSSR count). The summed E-state index contributed by atoms with van der Waals surface area (Å²) in [6, 6.07) is 12.9. The monoisotopic (exact) mass is 280 g/mol. The van der Waals surface area contributed by atoms with Crippen LogP contribution in [-0.2, 0) is 11.2 Å². The van der Waals surface area contributed by atoms with Crippen molar-refractivity contribution in [3.63, 3.8) is 0 Å². The van der Waals surface area contributed by atoms with Gasteiger partial charge in [0.1, 0.15) is 0 Å². The van der Waals surface area contributed by atoms with Gasteiger partial charge >= 0.3 is 0 Å². The van der Waals surface area contributed by atoms with Crippen molar-refractivity contribution >= 4 is 12.0 Å². The van der Waals surface area contributed by atoms with Crippen LogP contribution in [0.3, 0.4) is 0 Å². The highest BCUT2D eigenvalue weighted by Crippen LogP contribution is 2.31. The van der Waals surface area contributed by atoms with Crippen LogP contribution in [0.5, 0.6) is 0 Å². The minimum absolute atomic E-state index is 0.235. The first kappa shape index (κ1) is 13.5. The predicted octanol–water partition coefficient (Wildman–Crippen LogP) is 1.87. The third-order valence-electron chi connectivity index (χ3n) is 3.59. The molecule has 1 aliphatic rings. The molecule has 0 unspecified atom stereocenters. The summed E-state index contributed by atoms with van der Waals surface area (Å²) in [6.45, 7) is 0. The Hall–Kier alpha value is -2.46. The van der Waals surface area contributed by atoms with E-state index in [1.807, 2.05) is 42.5 Å². The molecule has 0 saturated carbocycles. The maximum Gasteiger partial charge on any atom is 0.244 e. The number of nitrogens with one attached hydrogen (secondary N) is 1. The van der Waals surface area contributed by atoms with E-state index in [0.717, 1.165) is 16.8 Å². The van der Waals surface area contributed by atoms with Crippen LogP contribution in [-0.4, -0.2) is 22.1 Å². The maximum absolute atomic E-state index is 12.0. The van der Waals surface area contributed by atoms with E-state index < -0.39 is 6.10 Å². The summed E-state index contributed by atoms with van der Waals surface area (Å²) in [6.07, 6.45) is 4.77. The zero-order valence-corrected chi connectivity index (χ0v) is 11.4. The van der Waals surface area contributed by atoms with Gasteiger partial charge in [-0.15, -0.1) is 0 Å². The molecule has 2 atom stereocenters. The molecule has 1 heterocycles. The van der Waals surface area contributed by atoms with Gasteiger partial charge in [-0.25, -0.2) is 0 Å². The van der Waals surface area contributed by atoms with Crippen molar-refractivity contribution in [2.45, 2.75) is 18.6 Å². The van der Waals surface area contributed by atoms with Crippen LogP contribution in [0.15, 0.2) is 54.7 Å². The van der Waals surface area contributed by atoms with E-state index in [2.05, 4.69) is 10.3 Å². The van der Waals surface area contributed by atoms with Gasteiger partial charge in [-0.1, -0.05) is 30.3 Å². The largest absolute Gasteiger partial charge is 0.390 e. The zero-order chi connectivity index (χ0) is 14.7. The molecule has 0 fully saturated rings. The lowest BCUT2D eigenvalue weighted by Crippen LogP contribution is -2.32. The van der Waals surface area contributed by atoms with E-state index >= 15 is 0 Å². The van der Waals surface area contributed by atoms with Crippen LogP contribution < -0.4 is 5.32 Å². The Morgan fingerprint density at radius 3 is 2.86 bits per heavy atom. The molecule has 1 aromatic heterocycles. The second kappa shape index (κ2) is 5.89. The first-order valence-electron chi connectivity index (χ1n) is 6.89. The number of carbonyl (C=O) groups is 1.